The zero-order valence-electron chi connectivity index (χ0n) is 9.44. The van der Waals surface area contributed by atoms with Crippen LogP contribution >= 0.6 is 11.8 Å². The molecule has 1 unspecified atom stereocenters. The topological polar surface area (TPSA) is 12.0 Å². The van der Waals surface area contributed by atoms with E-state index in [2.05, 4.69) is 26.1 Å². The van der Waals surface area contributed by atoms with E-state index in [-0.39, 0.29) is 0 Å². The van der Waals surface area contributed by atoms with Gasteiger partial charge in [0.25, 0.3) is 0 Å². The molecule has 0 saturated heterocycles. The Balaban J connectivity index is 3.17. The minimum atomic E-state index is 0.761. The van der Waals surface area contributed by atoms with Crippen LogP contribution in [0, 0.1) is 0 Å². The van der Waals surface area contributed by atoms with Crippen molar-refractivity contribution < 1.29 is 0 Å². The first-order valence-corrected chi connectivity index (χ1v) is 6.81. The van der Waals surface area contributed by atoms with Crippen molar-refractivity contribution in [2.24, 2.45) is 0 Å². The van der Waals surface area contributed by atoms with Gasteiger partial charge < -0.3 is 5.32 Å². The van der Waals surface area contributed by atoms with Crippen molar-refractivity contribution in [3.63, 3.8) is 0 Å². The van der Waals surface area contributed by atoms with E-state index in [9.17, 15) is 0 Å². The number of nitrogens with one attached hydrogen (secondary N) is 1. The summed E-state index contributed by atoms with van der Waals surface area (Å²) in [7, 11) is 0. The van der Waals surface area contributed by atoms with E-state index < -0.39 is 0 Å². The van der Waals surface area contributed by atoms with Gasteiger partial charge in [0.05, 0.1) is 0 Å². The smallest absolute Gasteiger partial charge is 0.00643 e. The van der Waals surface area contributed by atoms with Gasteiger partial charge in [-0.15, -0.1) is 0 Å². The van der Waals surface area contributed by atoms with Crippen LogP contribution in [0.1, 0.15) is 46.5 Å². The summed E-state index contributed by atoms with van der Waals surface area (Å²) < 4.78 is 0. The lowest BCUT2D eigenvalue weighted by Gasteiger charge is -2.15. The van der Waals surface area contributed by atoms with Crippen molar-refractivity contribution in [3.05, 3.63) is 0 Å². The van der Waals surface area contributed by atoms with Crippen LogP contribution in [0.4, 0.5) is 0 Å². The molecule has 0 aromatic heterocycles. The summed E-state index contributed by atoms with van der Waals surface area (Å²) in [5.74, 6) is 2.57. The van der Waals surface area contributed by atoms with E-state index in [1.807, 2.05) is 11.8 Å². The lowest BCUT2D eigenvalue weighted by molar-refractivity contribution is 0.464. The summed E-state index contributed by atoms with van der Waals surface area (Å²) in [5, 5.41) is 3.62. The molecule has 1 atom stereocenters. The largest absolute Gasteiger partial charge is 0.314 e. The lowest BCUT2D eigenvalue weighted by atomic mass is 10.1. The molecule has 0 saturated carbocycles. The second-order valence-electron chi connectivity index (χ2n) is 3.40. The summed E-state index contributed by atoms with van der Waals surface area (Å²) >= 11 is 2.04. The van der Waals surface area contributed by atoms with E-state index in [1.165, 1.54) is 43.7 Å². The molecule has 13 heavy (non-hydrogen) atoms. The molecule has 0 bridgehead atoms. The van der Waals surface area contributed by atoms with Crippen LogP contribution in [-0.4, -0.2) is 24.1 Å². The van der Waals surface area contributed by atoms with Crippen LogP contribution in [0.2, 0.25) is 0 Å². The van der Waals surface area contributed by atoms with Gasteiger partial charge in [0.15, 0.2) is 0 Å². The maximum Gasteiger partial charge on any atom is 0.00643 e. The minimum Gasteiger partial charge on any atom is -0.314 e. The second-order valence-corrected chi connectivity index (χ2v) is 4.79. The van der Waals surface area contributed by atoms with Gasteiger partial charge in [-0.25, -0.2) is 0 Å². The molecule has 0 aromatic carbocycles. The van der Waals surface area contributed by atoms with Gasteiger partial charge in [0.2, 0.25) is 0 Å². The van der Waals surface area contributed by atoms with Crippen LogP contribution < -0.4 is 5.32 Å². The standard InChI is InChI=1S/C11H25NS/c1-4-8-11(5-2)12-9-7-10-13-6-3/h11-12H,4-10H2,1-3H3. The zero-order valence-corrected chi connectivity index (χ0v) is 10.3. The molecule has 0 aliphatic carbocycles. The molecular weight excluding hydrogens is 178 g/mol. The summed E-state index contributed by atoms with van der Waals surface area (Å²) in [4.78, 5) is 0. The first-order chi connectivity index (χ1) is 6.35. The number of hydrogen-bond donors (Lipinski definition) is 1. The van der Waals surface area contributed by atoms with E-state index >= 15 is 0 Å². The van der Waals surface area contributed by atoms with Crippen molar-refractivity contribution in [1.29, 1.82) is 0 Å². The predicted molar refractivity (Wildman–Crippen MR) is 64.6 cm³/mol. The molecule has 0 aliphatic rings. The van der Waals surface area contributed by atoms with Crippen LogP contribution in [0.25, 0.3) is 0 Å². The van der Waals surface area contributed by atoms with Crippen molar-refractivity contribution in [2.75, 3.05) is 18.1 Å². The summed E-state index contributed by atoms with van der Waals surface area (Å²) in [6, 6.07) is 0.761. The Morgan fingerprint density at radius 2 is 2.00 bits per heavy atom. The fourth-order valence-electron chi connectivity index (χ4n) is 1.42. The first kappa shape index (κ1) is 13.3. The third-order valence-corrected chi connectivity index (χ3v) is 3.22. The van der Waals surface area contributed by atoms with Crippen LogP contribution in [0.15, 0.2) is 0 Å². The van der Waals surface area contributed by atoms with Gasteiger partial charge in [0, 0.05) is 6.04 Å². The number of hydrogen-bond acceptors (Lipinski definition) is 2. The Labute approximate surface area is 88.1 Å². The molecule has 2 heteroatoms. The Kier molecular flexibility index (Phi) is 10.6. The maximum absolute atomic E-state index is 3.62. The van der Waals surface area contributed by atoms with Gasteiger partial charge >= 0.3 is 0 Å². The Bertz CT molecular complexity index is 96.1. The molecule has 0 spiro atoms. The van der Waals surface area contributed by atoms with Crippen molar-refractivity contribution in [1.82, 2.24) is 5.32 Å². The minimum absolute atomic E-state index is 0.761. The average Bonchev–Trinajstić information content (AvgIpc) is 2.16. The van der Waals surface area contributed by atoms with Crippen molar-refractivity contribution in [2.45, 2.75) is 52.5 Å². The van der Waals surface area contributed by atoms with Gasteiger partial charge in [-0.2, -0.15) is 11.8 Å². The molecule has 1 nitrogen and oxygen atoms in total. The molecule has 0 aliphatic heterocycles. The van der Waals surface area contributed by atoms with Gasteiger partial charge in [-0.05, 0) is 37.3 Å². The van der Waals surface area contributed by atoms with Gasteiger partial charge in [-0.3, -0.25) is 0 Å². The van der Waals surface area contributed by atoms with E-state index in [0.717, 1.165) is 6.04 Å². The molecule has 0 fully saturated rings. The van der Waals surface area contributed by atoms with Crippen LogP contribution in [-0.2, 0) is 0 Å². The lowest BCUT2D eigenvalue weighted by Crippen LogP contribution is -2.29. The van der Waals surface area contributed by atoms with E-state index in [1.54, 1.807) is 0 Å². The fraction of sp³-hybridized carbons (Fsp3) is 1.00. The Morgan fingerprint density at radius 3 is 2.54 bits per heavy atom. The molecule has 0 aromatic rings. The molecule has 80 valence electrons. The van der Waals surface area contributed by atoms with Crippen LogP contribution in [0.3, 0.4) is 0 Å². The fourth-order valence-corrected chi connectivity index (χ4v) is 2.06. The third kappa shape index (κ3) is 8.63. The number of thioether (sulfide) groups is 1. The predicted octanol–water partition coefficient (Wildman–Crippen LogP) is 3.30. The quantitative estimate of drug-likeness (QED) is 0.577. The van der Waals surface area contributed by atoms with Crippen molar-refractivity contribution >= 4 is 11.8 Å². The third-order valence-electron chi connectivity index (χ3n) is 2.23. The van der Waals surface area contributed by atoms with E-state index in [4.69, 9.17) is 0 Å². The summed E-state index contributed by atoms with van der Waals surface area (Å²) in [5.41, 5.74) is 0. The highest BCUT2D eigenvalue weighted by molar-refractivity contribution is 7.99. The Morgan fingerprint density at radius 1 is 1.23 bits per heavy atom. The van der Waals surface area contributed by atoms with Gasteiger partial charge in [-0.1, -0.05) is 27.2 Å². The summed E-state index contributed by atoms with van der Waals surface area (Å²) in [6.07, 6.45) is 5.22. The monoisotopic (exact) mass is 203 g/mol. The highest BCUT2D eigenvalue weighted by Crippen LogP contribution is 2.03. The molecule has 0 rings (SSSR count). The van der Waals surface area contributed by atoms with Crippen molar-refractivity contribution in [3.8, 4) is 0 Å². The number of rotatable bonds is 9. The van der Waals surface area contributed by atoms with Gasteiger partial charge in [0.1, 0.15) is 0 Å². The normalized spacial score (nSPS) is 13.2. The molecule has 0 radical (unpaired) electrons. The molecule has 0 amide bonds. The van der Waals surface area contributed by atoms with E-state index in [0.29, 0.717) is 0 Å². The molecule has 1 N–H and O–H groups in total. The highest BCUT2D eigenvalue weighted by Gasteiger charge is 2.02. The SMILES string of the molecule is CCCC(CC)NCCCSCC. The highest BCUT2D eigenvalue weighted by atomic mass is 32.2. The maximum atomic E-state index is 3.62. The molecule has 0 heterocycles. The first-order valence-electron chi connectivity index (χ1n) is 5.66. The average molecular weight is 203 g/mol. The molecular formula is C11H25NS. The van der Waals surface area contributed by atoms with Crippen LogP contribution in [0.5, 0.6) is 0 Å². The zero-order chi connectivity index (χ0) is 9.94. The Hall–Kier alpha value is 0.310. The second kappa shape index (κ2) is 10.4. The summed E-state index contributed by atoms with van der Waals surface area (Å²) in [6.45, 7) is 7.96.